The summed E-state index contributed by atoms with van der Waals surface area (Å²) in [4.78, 5) is 20.3. The Morgan fingerprint density at radius 3 is 2.79 bits per heavy atom. The molecular formula is C20H18ClFN2O4. The van der Waals surface area contributed by atoms with Crippen molar-refractivity contribution in [2.75, 3.05) is 6.61 Å². The van der Waals surface area contributed by atoms with E-state index in [9.17, 15) is 9.18 Å². The van der Waals surface area contributed by atoms with Crippen LogP contribution >= 0.6 is 11.6 Å². The third-order valence-corrected chi connectivity index (χ3v) is 3.93. The first-order chi connectivity index (χ1) is 13.5. The summed E-state index contributed by atoms with van der Waals surface area (Å²) in [6, 6.07) is 9.13. The number of nitrogens with zero attached hydrogens (tertiary/aromatic N) is 2. The molecule has 3 rings (SSSR count). The van der Waals surface area contributed by atoms with Crippen LogP contribution in [0.25, 0.3) is 11.0 Å². The van der Waals surface area contributed by atoms with E-state index in [2.05, 4.69) is 9.97 Å². The van der Waals surface area contributed by atoms with Crippen molar-refractivity contribution in [3.05, 3.63) is 53.4 Å². The van der Waals surface area contributed by atoms with Gasteiger partial charge < -0.3 is 14.2 Å². The predicted molar refractivity (Wildman–Crippen MR) is 102 cm³/mol. The Bertz CT molecular complexity index is 999. The van der Waals surface area contributed by atoms with Crippen molar-refractivity contribution in [2.24, 2.45) is 0 Å². The van der Waals surface area contributed by atoms with Gasteiger partial charge in [0.2, 0.25) is 5.88 Å². The molecule has 6 nitrogen and oxygen atoms in total. The largest absolute Gasteiger partial charge is 0.476 e. The van der Waals surface area contributed by atoms with E-state index >= 15 is 0 Å². The first-order valence-corrected chi connectivity index (χ1v) is 9.07. The van der Waals surface area contributed by atoms with Crippen LogP contribution in [0.4, 0.5) is 4.39 Å². The van der Waals surface area contributed by atoms with Gasteiger partial charge in [0.15, 0.2) is 17.7 Å². The van der Waals surface area contributed by atoms with Crippen molar-refractivity contribution in [2.45, 2.75) is 26.4 Å². The fourth-order valence-electron chi connectivity index (χ4n) is 2.34. The van der Waals surface area contributed by atoms with Crippen LogP contribution in [0, 0.1) is 5.82 Å². The number of halogens is 2. The predicted octanol–water partition coefficient (Wildman–Crippen LogP) is 4.94. The molecule has 1 atom stereocenters. The van der Waals surface area contributed by atoms with Crippen molar-refractivity contribution in [1.82, 2.24) is 9.97 Å². The average molecular weight is 405 g/mol. The third-order valence-electron chi connectivity index (χ3n) is 3.69. The van der Waals surface area contributed by atoms with Crippen molar-refractivity contribution in [3.8, 4) is 17.4 Å². The van der Waals surface area contributed by atoms with Gasteiger partial charge >= 0.3 is 5.97 Å². The first kappa shape index (κ1) is 19.8. The molecule has 0 amide bonds. The maximum atomic E-state index is 14.3. The van der Waals surface area contributed by atoms with Gasteiger partial charge in [-0.25, -0.2) is 19.2 Å². The van der Waals surface area contributed by atoms with Gasteiger partial charge in [-0.1, -0.05) is 18.5 Å². The van der Waals surface area contributed by atoms with Gasteiger partial charge in [-0.3, -0.25) is 0 Å². The van der Waals surface area contributed by atoms with Crippen LogP contribution < -0.4 is 9.47 Å². The lowest BCUT2D eigenvalue weighted by Gasteiger charge is -2.14. The molecule has 0 aliphatic heterocycles. The van der Waals surface area contributed by atoms with Gasteiger partial charge in [0.05, 0.1) is 23.8 Å². The molecule has 0 fully saturated rings. The summed E-state index contributed by atoms with van der Waals surface area (Å²) in [5.41, 5.74) is 1.22. The fraction of sp³-hybridized carbons (Fsp3) is 0.250. The summed E-state index contributed by atoms with van der Waals surface area (Å²) in [5.74, 6) is -0.873. The number of fused-ring (bicyclic) bond motifs is 1. The molecule has 1 heterocycles. The minimum atomic E-state index is -0.925. The highest BCUT2D eigenvalue weighted by Crippen LogP contribution is 2.27. The molecule has 0 saturated heterocycles. The van der Waals surface area contributed by atoms with Crippen LogP contribution in [0.5, 0.6) is 17.4 Å². The minimum Gasteiger partial charge on any atom is -0.476 e. The highest BCUT2D eigenvalue weighted by molar-refractivity contribution is 6.31. The van der Waals surface area contributed by atoms with E-state index in [-0.39, 0.29) is 17.4 Å². The molecule has 0 saturated carbocycles. The van der Waals surface area contributed by atoms with Gasteiger partial charge in [0.25, 0.3) is 0 Å². The molecule has 0 spiro atoms. The molecule has 0 aliphatic rings. The molecule has 8 heteroatoms. The number of aromatic nitrogens is 2. The zero-order chi connectivity index (χ0) is 20.1. The van der Waals surface area contributed by atoms with E-state index in [1.807, 2.05) is 6.92 Å². The highest BCUT2D eigenvalue weighted by atomic mass is 35.5. The van der Waals surface area contributed by atoms with Gasteiger partial charge in [0.1, 0.15) is 5.75 Å². The monoisotopic (exact) mass is 404 g/mol. The number of carbonyl (C=O) groups is 1. The number of hydrogen-bond acceptors (Lipinski definition) is 6. The Balaban J connectivity index is 1.70. The van der Waals surface area contributed by atoms with Crippen LogP contribution in [0.15, 0.2) is 42.6 Å². The Morgan fingerprint density at radius 2 is 2.04 bits per heavy atom. The zero-order valence-electron chi connectivity index (χ0n) is 15.3. The SMILES string of the molecule is CCCOC(=O)C(C)Oc1ccc(Oc2cnc3cc(Cl)ccc3n2)cc1F. The lowest BCUT2D eigenvalue weighted by Crippen LogP contribution is -2.26. The summed E-state index contributed by atoms with van der Waals surface area (Å²) < 4.78 is 30.2. The second kappa shape index (κ2) is 8.84. The summed E-state index contributed by atoms with van der Waals surface area (Å²) >= 11 is 5.92. The zero-order valence-corrected chi connectivity index (χ0v) is 16.1. The Hall–Kier alpha value is -2.93. The smallest absolute Gasteiger partial charge is 0.347 e. The highest BCUT2D eigenvalue weighted by Gasteiger charge is 2.18. The van der Waals surface area contributed by atoms with Crippen molar-refractivity contribution >= 4 is 28.6 Å². The summed E-state index contributed by atoms with van der Waals surface area (Å²) in [6.07, 6.45) is 1.20. The molecule has 0 N–H and O–H groups in total. The standard InChI is InChI=1S/C20H18ClFN2O4/c1-3-8-26-20(25)12(2)27-18-7-5-14(10-15(18)22)28-19-11-23-17-9-13(21)4-6-16(17)24-19/h4-7,9-12H,3,8H2,1-2H3. The van der Waals surface area contributed by atoms with Crippen LogP contribution in [-0.4, -0.2) is 28.6 Å². The van der Waals surface area contributed by atoms with E-state index in [1.54, 1.807) is 18.2 Å². The molecule has 146 valence electrons. The van der Waals surface area contributed by atoms with Gasteiger partial charge in [-0.15, -0.1) is 0 Å². The summed E-state index contributed by atoms with van der Waals surface area (Å²) in [7, 11) is 0. The molecule has 0 radical (unpaired) electrons. The van der Waals surface area contributed by atoms with E-state index < -0.39 is 17.9 Å². The third kappa shape index (κ3) is 4.86. The summed E-state index contributed by atoms with van der Waals surface area (Å²) in [6.45, 7) is 3.67. The molecule has 0 aliphatic carbocycles. The molecule has 3 aromatic rings. The Morgan fingerprint density at radius 1 is 1.21 bits per heavy atom. The first-order valence-electron chi connectivity index (χ1n) is 8.69. The molecule has 0 bridgehead atoms. The Kier molecular flexibility index (Phi) is 6.26. The topological polar surface area (TPSA) is 70.5 Å². The molecule has 28 heavy (non-hydrogen) atoms. The second-order valence-corrected chi connectivity index (χ2v) is 6.40. The number of benzene rings is 2. The lowest BCUT2D eigenvalue weighted by molar-refractivity contribution is -0.151. The van der Waals surface area contributed by atoms with Crippen LogP contribution in [0.1, 0.15) is 20.3 Å². The van der Waals surface area contributed by atoms with Crippen molar-refractivity contribution < 1.29 is 23.4 Å². The quantitative estimate of drug-likeness (QED) is 0.520. The van der Waals surface area contributed by atoms with Gasteiger partial charge in [0, 0.05) is 11.1 Å². The maximum Gasteiger partial charge on any atom is 0.347 e. The maximum absolute atomic E-state index is 14.3. The minimum absolute atomic E-state index is 0.0764. The lowest BCUT2D eigenvalue weighted by atomic mass is 10.3. The van der Waals surface area contributed by atoms with Crippen LogP contribution in [0.2, 0.25) is 5.02 Å². The molecule has 1 unspecified atom stereocenters. The Labute approximate surface area is 166 Å². The molecular weight excluding hydrogens is 387 g/mol. The second-order valence-electron chi connectivity index (χ2n) is 5.96. The number of rotatable bonds is 7. The fourth-order valence-corrected chi connectivity index (χ4v) is 2.50. The molecule has 1 aromatic heterocycles. The summed E-state index contributed by atoms with van der Waals surface area (Å²) in [5, 5.41) is 0.556. The average Bonchev–Trinajstić information content (AvgIpc) is 2.68. The van der Waals surface area contributed by atoms with Crippen LogP contribution in [-0.2, 0) is 9.53 Å². The van der Waals surface area contributed by atoms with Crippen molar-refractivity contribution in [1.29, 1.82) is 0 Å². The number of carbonyl (C=O) groups excluding carboxylic acids is 1. The van der Waals surface area contributed by atoms with E-state index in [0.29, 0.717) is 29.1 Å². The normalized spacial score (nSPS) is 11.9. The number of esters is 1. The number of hydrogen-bond donors (Lipinski definition) is 0. The van der Waals surface area contributed by atoms with Gasteiger partial charge in [-0.05, 0) is 43.7 Å². The van der Waals surface area contributed by atoms with Gasteiger partial charge in [-0.2, -0.15) is 0 Å². The van der Waals surface area contributed by atoms with E-state index in [4.69, 9.17) is 25.8 Å². The van der Waals surface area contributed by atoms with Crippen molar-refractivity contribution in [3.63, 3.8) is 0 Å². The van der Waals surface area contributed by atoms with E-state index in [0.717, 1.165) is 6.07 Å². The molecule has 2 aromatic carbocycles. The van der Waals surface area contributed by atoms with E-state index in [1.165, 1.54) is 25.3 Å². The van der Waals surface area contributed by atoms with Crippen LogP contribution in [0.3, 0.4) is 0 Å². The number of ether oxygens (including phenoxy) is 3.